The summed E-state index contributed by atoms with van der Waals surface area (Å²) in [5.74, 6) is 2.09. The fourth-order valence-corrected chi connectivity index (χ4v) is 4.39. The maximum absolute atomic E-state index is 4.77. The van der Waals surface area contributed by atoms with Crippen molar-refractivity contribution in [2.45, 2.75) is 0 Å². The van der Waals surface area contributed by atoms with Crippen LogP contribution in [0.4, 0.5) is 11.6 Å². The summed E-state index contributed by atoms with van der Waals surface area (Å²) < 4.78 is 0. The smallest absolute Gasteiger partial charge is 0.128 e. The Morgan fingerprint density at radius 1 is 0.594 bits per heavy atom. The first kappa shape index (κ1) is 20.8. The van der Waals surface area contributed by atoms with Crippen molar-refractivity contribution >= 4 is 11.6 Å². The molecular weight excluding hydrogens is 398 g/mol. The predicted molar refractivity (Wildman–Crippen MR) is 130 cm³/mol. The second-order valence-corrected chi connectivity index (χ2v) is 8.79. The maximum Gasteiger partial charge on any atom is 0.128 e. The molecule has 0 N–H and O–H groups in total. The molecular formula is C25H31N7. The van der Waals surface area contributed by atoms with E-state index < -0.39 is 0 Å². The molecule has 0 amide bonds. The Bertz CT molecular complexity index is 934. The van der Waals surface area contributed by atoms with E-state index in [0.29, 0.717) is 0 Å². The van der Waals surface area contributed by atoms with Crippen molar-refractivity contribution in [1.29, 1.82) is 0 Å². The van der Waals surface area contributed by atoms with Gasteiger partial charge in [0.1, 0.15) is 11.6 Å². The molecule has 0 spiro atoms. The number of nitrogens with zero attached hydrogens (tertiary/aromatic N) is 7. The molecule has 2 aliphatic rings. The number of aromatic nitrogens is 3. The van der Waals surface area contributed by atoms with Gasteiger partial charge in [0.15, 0.2) is 0 Å². The summed E-state index contributed by atoms with van der Waals surface area (Å²) >= 11 is 0. The Hall–Kier alpha value is -3.03. The third-order valence-electron chi connectivity index (χ3n) is 6.54. The lowest BCUT2D eigenvalue weighted by molar-refractivity contribution is 0.312. The van der Waals surface area contributed by atoms with Crippen molar-refractivity contribution in [3.05, 3.63) is 55.0 Å². The quantitative estimate of drug-likeness (QED) is 0.632. The second-order valence-electron chi connectivity index (χ2n) is 8.79. The van der Waals surface area contributed by atoms with Gasteiger partial charge in [0.05, 0.1) is 5.69 Å². The molecule has 0 unspecified atom stereocenters. The third-order valence-corrected chi connectivity index (χ3v) is 6.54. The van der Waals surface area contributed by atoms with Crippen LogP contribution in [0.15, 0.2) is 55.0 Å². The predicted octanol–water partition coefficient (Wildman–Crippen LogP) is 2.71. The third kappa shape index (κ3) is 4.45. The topological polar surface area (TPSA) is 51.6 Å². The molecule has 32 heavy (non-hydrogen) atoms. The Balaban J connectivity index is 1.36. The summed E-state index contributed by atoms with van der Waals surface area (Å²) in [4.78, 5) is 23.6. The molecule has 3 aromatic heterocycles. The average molecular weight is 430 g/mol. The molecule has 0 bridgehead atoms. The minimum atomic E-state index is 0.944. The summed E-state index contributed by atoms with van der Waals surface area (Å²) in [7, 11) is 4.34. The summed E-state index contributed by atoms with van der Waals surface area (Å²) in [6.07, 6.45) is 5.77. The van der Waals surface area contributed by atoms with Gasteiger partial charge in [-0.2, -0.15) is 0 Å². The molecule has 2 fully saturated rings. The molecule has 0 saturated carbocycles. The molecule has 7 nitrogen and oxygen atoms in total. The summed E-state index contributed by atoms with van der Waals surface area (Å²) in [5, 5.41) is 0. The van der Waals surface area contributed by atoms with Gasteiger partial charge in [-0.05, 0) is 44.4 Å². The lowest BCUT2D eigenvalue weighted by Gasteiger charge is -2.33. The van der Waals surface area contributed by atoms with Crippen LogP contribution >= 0.6 is 0 Å². The first-order chi connectivity index (χ1) is 15.7. The first-order valence-electron chi connectivity index (χ1n) is 11.4. The highest BCUT2D eigenvalue weighted by atomic mass is 15.3. The zero-order chi connectivity index (χ0) is 21.9. The molecule has 0 atom stereocenters. The molecule has 0 radical (unpaired) electrons. The molecule has 5 rings (SSSR count). The average Bonchev–Trinajstić information content (AvgIpc) is 2.85. The summed E-state index contributed by atoms with van der Waals surface area (Å²) in [6.45, 7) is 8.38. The van der Waals surface area contributed by atoms with E-state index >= 15 is 0 Å². The van der Waals surface area contributed by atoms with Crippen LogP contribution in [-0.2, 0) is 0 Å². The monoisotopic (exact) mass is 429 g/mol. The highest BCUT2D eigenvalue weighted by Crippen LogP contribution is 2.31. The number of pyridine rings is 3. The number of hydrogen-bond donors (Lipinski definition) is 0. The fraction of sp³-hybridized carbons (Fsp3) is 0.400. The molecule has 3 aromatic rings. The summed E-state index contributed by atoms with van der Waals surface area (Å²) in [5.41, 5.74) is 4.13. The number of anilines is 2. The molecule has 166 valence electrons. The van der Waals surface area contributed by atoms with Crippen molar-refractivity contribution in [3.63, 3.8) is 0 Å². The van der Waals surface area contributed by atoms with Crippen molar-refractivity contribution in [1.82, 2.24) is 24.8 Å². The van der Waals surface area contributed by atoms with E-state index in [9.17, 15) is 0 Å². The first-order valence-corrected chi connectivity index (χ1v) is 11.4. The van der Waals surface area contributed by atoms with E-state index in [0.717, 1.165) is 86.4 Å². The number of hydrogen-bond acceptors (Lipinski definition) is 7. The van der Waals surface area contributed by atoms with Crippen molar-refractivity contribution in [2.75, 3.05) is 76.3 Å². The van der Waals surface area contributed by atoms with E-state index in [2.05, 4.69) is 64.0 Å². The van der Waals surface area contributed by atoms with E-state index in [1.165, 1.54) is 0 Å². The molecule has 2 saturated heterocycles. The fourth-order valence-electron chi connectivity index (χ4n) is 4.39. The van der Waals surface area contributed by atoms with Gasteiger partial charge in [-0.15, -0.1) is 0 Å². The molecule has 0 aromatic carbocycles. The van der Waals surface area contributed by atoms with Crippen LogP contribution in [0.2, 0.25) is 0 Å². The number of rotatable bonds is 4. The lowest BCUT2D eigenvalue weighted by Crippen LogP contribution is -2.44. The van der Waals surface area contributed by atoms with Crippen LogP contribution in [0.3, 0.4) is 0 Å². The SMILES string of the molecule is CN1CCN(c2ccc(-c3cccnc3-c3ccc(N4CCN(C)CC4)nc3)cn2)CC1. The van der Waals surface area contributed by atoms with Gasteiger partial charge in [0, 0.05) is 87.6 Å². The molecule has 0 aliphatic carbocycles. The minimum Gasteiger partial charge on any atom is -0.354 e. The Morgan fingerprint density at radius 2 is 1.12 bits per heavy atom. The number of piperazine rings is 2. The van der Waals surface area contributed by atoms with Crippen LogP contribution in [0.25, 0.3) is 22.4 Å². The van der Waals surface area contributed by atoms with Gasteiger partial charge >= 0.3 is 0 Å². The second kappa shape index (κ2) is 9.22. The van der Waals surface area contributed by atoms with E-state index in [1.807, 2.05) is 24.7 Å². The van der Waals surface area contributed by atoms with Crippen LogP contribution in [0.1, 0.15) is 0 Å². The van der Waals surface area contributed by atoms with Crippen LogP contribution in [0, 0.1) is 0 Å². The van der Waals surface area contributed by atoms with Gasteiger partial charge in [-0.3, -0.25) is 4.98 Å². The number of likely N-dealkylation sites (N-methyl/N-ethyl adjacent to an activating group) is 2. The Labute approximate surface area is 190 Å². The van der Waals surface area contributed by atoms with E-state index in [1.54, 1.807) is 0 Å². The maximum atomic E-state index is 4.77. The molecule has 5 heterocycles. The van der Waals surface area contributed by atoms with Gasteiger partial charge < -0.3 is 19.6 Å². The zero-order valence-electron chi connectivity index (χ0n) is 19.0. The van der Waals surface area contributed by atoms with Crippen molar-refractivity contribution in [3.8, 4) is 22.4 Å². The minimum absolute atomic E-state index is 0.944. The highest BCUT2D eigenvalue weighted by molar-refractivity contribution is 5.80. The van der Waals surface area contributed by atoms with Crippen LogP contribution < -0.4 is 9.80 Å². The largest absolute Gasteiger partial charge is 0.354 e. The highest BCUT2D eigenvalue weighted by Gasteiger charge is 2.17. The Kier molecular flexibility index (Phi) is 6.01. The van der Waals surface area contributed by atoms with Gasteiger partial charge in [-0.1, -0.05) is 6.07 Å². The molecule has 7 heteroatoms. The van der Waals surface area contributed by atoms with Gasteiger partial charge in [0.25, 0.3) is 0 Å². The van der Waals surface area contributed by atoms with Gasteiger partial charge in [-0.25, -0.2) is 9.97 Å². The zero-order valence-corrected chi connectivity index (χ0v) is 19.0. The molecule has 2 aliphatic heterocycles. The standard InChI is InChI=1S/C25H31N7/c1-29-10-14-31(15-11-29)23-7-5-20(18-27-23)22-4-3-9-26-25(22)21-6-8-24(28-19-21)32-16-12-30(2)13-17-32/h3-9,18-19H,10-17H2,1-2H3. The van der Waals surface area contributed by atoms with Crippen LogP contribution in [0.5, 0.6) is 0 Å². The lowest BCUT2D eigenvalue weighted by atomic mass is 10.0. The van der Waals surface area contributed by atoms with E-state index in [-0.39, 0.29) is 0 Å². The van der Waals surface area contributed by atoms with Crippen molar-refractivity contribution in [2.24, 2.45) is 0 Å². The normalized spacial score (nSPS) is 18.2. The van der Waals surface area contributed by atoms with Crippen molar-refractivity contribution < 1.29 is 0 Å². The summed E-state index contributed by atoms with van der Waals surface area (Å²) in [6, 6.07) is 12.6. The Morgan fingerprint density at radius 3 is 1.62 bits per heavy atom. The van der Waals surface area contributed by atoms with Crippen LogP contribution in [-0.4, -0.2) is 91.2 Å². The van der Waals surface area contributed by atoms with Gasteiger partial charge in [0.2, 0.25) is 0 Å². The van der Waals surface area contributed by atoms with E-state index in [4.69, 9.17) is 15.0 Å².